The van der Waals surface area contributed by atoms with Gasteiger partial charge in [-0.2, -0.15) is 0 Å². The number of methoxy groups -OCH3 is 1. The molecular formula is C40H38N6O10S. The molecule has 4 heterocycles. The molecule has 0 unspecified atom stereocenters. The molecule has 0 saturated carbocycles. The SMILES string of the molecule is COC(=O)c1cnc(N2CCC(OCCOc3cccc(Oc4ccc([N+](=O)[O-])cc4-c4cn(C)c(=O)c5c4ccn5S(=O)(=O)c4ccc(C)cc4)c3)CC2)cn1. The topological polar surface area (TPSA) is 187 Å². The monoisotopic (exact) mass is 794 g/mol. The highest BCUT2D eigenvalue weighted by atomic mass is 32.2. The minimum Gasteiger partial charge on any atom is -0.491 e. The van der Waals surface area contributed by atoms with Gasteiger partial charge in [-0.05, 0) is 56.2 Å². The Balaban J connectivity index is 1.05. The van der Waals surface area contributed by atoms with E-state index in [1.165, 1.54) is 73.7 Å². The molecule has 0 bridgehead atoms. The van der Waals surface area contributed by atoms with Gasteiger partial charge in [0.15, 0.2) is 5.69 Å². The van der Waals surface area contributed by atoms with E-state index in [9.17, 15) is 28.1 Å². The van der Waals surface area contributed by atoms with Crippen LogP contribution in [0, 0.1) is 17.0 Å². The number of non-ortho nitro benzene ring substituents is 1. The highest BCUT2D eigenvalue weighted by Crippen LogP contribution is 2.40. The summed E-state index contributed by atoms with van der Waals surface area (Å²) in [4.78, 5) is 47.1. The fourth-order valence-electron chi connectivity index (χ4n) is 6.57. The van der Waals surface area contributed by atoms with Gasteiger partial charge in [-0.15, -0.1) is 0 Å². The summed E-state index contributed by atoms with van der Waals surface area (Å²) in [6, 6.07) is 18.8. The van der Waals surface area contributed by atoms with Gasteiger partial charge in [-0.1, -0.05) is 23.8 Å². The molecule has 1 aliphatic heterocycles. The Labute approximate surface area is 327 Å². The lowest BCUT2D eigenvalue weighted by molar-refractivity contribution is -0.384. The summed E-state index contributed by atoms with van der Waals surface area (Å²) in [5, 5.41) is 12.2. The molecule has 3 aromatic carbocycles. The quantitative estimate of drug-likeness (QED) is 0.0583. The molecule has 0 N–H and O–H groups in total. The van der Waals surface area contributed by atoms with Gasteiger partial charge in [0.2, 0.25) is 0 Å². The Morgan fingerprint density at radius 2 is 1.70 bits per heavy atom. The molecule has 3 aromatic heterocycles. The number of benzene rings is 3. The highest BCUT2D eigenvalue weighted by Gasteiger charge is 2.26. The van der Waals surface area contributed by atoms with Crippen LogP contribution in [0.5, 0.6) is 17.2 Å². The van der Waals surface area contributed by atoms with Gasteiger partial charge in [0.1, 0.15) is 35.2 Å². The molecule has 0 atom stereocenters. The predicted octanol–water partition coefficient (Wildman–Crippen LogP) is 5.89. The third-order valence-electron chi connectivity index (χ3n) is 9.57. The molecule has 6 aromatic rings. The van der Waals surface area contributed by atoms with Gasteiger partial charge in [-0.3, -0.25) is 14.9 Å². The van der Waals surface area contributed by atoms with E-state index in [-0.39, 0.29) is 51.2 Å². The van der Waals surface area contributed by atoms with Gasteiger partial charge in [0.05, 0.1) is 42.0 Å². The Hall–Kier alpha value is -6.59. The van der Waals surface area contributed by atoms with Gasteiger partial charge < -0.3 is 28.4 Å². The average Bonchev–Trinajstić information content (AvgIpc) is 3.68. The third kappa shape index (κ3) is 8.20. The van der Waals surface area contributed by atoms with Crippen molar-refractivity contribution < 1.29 is 37.1 Å². The van der Waals surface area contributed by atoms with Crippen molar-refractivity contribution in [3.63, 3.8) is 0 Å². The third-order valence-corrected chi connectivity index (χ3v) is 11.3. The molecule has 0 spiro atoms. The Bertz CT molecular complexity index is 2620. The number of esters is 1. The maximum Gasteiger partial charge on any atom is 0.358 e. The number of carbonyl (C=O) groups is 1. The van der Waals surface area contributed by atoms with E-state index in [4.69, 9.17) is 14.2 Å². The lowest BCUT2D eigenvalue weighted by atomic mass is 10.0. The molecule has 17 heteroatoms. The number of fused-ring (bicyclic) bond motifs is 1. The lowest BCUT2D eigenvalue weighted by Crippen LogP contribution is -2.38. The van der Waals surface area contributed by atoms with Crippen LogP contribution in [0.25, 0.3) is 22.0 Å². The van der Waals surface area contributed by atoms with Crippen LogP contribution >= 0.6 is 0 Å². The first kappa shape index (κ1) is 38.7. The van der Waals surface area contributed by atoms with Gasteiger partial charge in [0, 0.05) is 67.2 Å². The van der Waals surface area contributed by atoms with Crippen LogP contribution < -0.4 is 19.9 Å². The summed E-state index contributed by atoms with van der Waals surface area (Å²) in [6.45, 7) is 3.88. The maximum absolute atomic E-state index is 13.7. The largest absolute Gasteiger partial charge is 0.491 e. The molecule has 0 radical (unpaired) electrons. The van der Waals surface area contributed by atoms with Gasteiger partial charge >= 0.3 is 5.97 Å². The van der Waals surface area contributed by atoms with E-state index in [0.29, 0.717) is 42.6 Å². The van der Waals surface area contributed by atoms with Crippen molar-refractivity contribution >= 4 is 38.4 Å². The van der Waals surface area contributed by atoms with Gasteiger partial charge in [0.25, 0.3) is 21.3 Å². The zero-order chi connectivity index (χ0) is 40.3. The number of hydrogen-bond acceptors (Lipinski definition) is 13. The summed E-state index contributed by atoms with van der Waals surface area (Å²) in [6.07, 6.45) is 7.35. The molecule has 1 saturated heterocycles. The number of nitrogens with zero attached hydrogens (tertiary/aromatic N) is 6. The summed E-state index contributed by atoms with van der Waals surface area (Å²) in [5.41, 5.74) is 0.735. The second-order valence-corrected chi connectivity index (χ2v) is 15.1. The first-order valence-electron chi connectivity index (χ1n) is 17.9. The number of aryl methyl sites for hydroxylation is 2. The Morgan fingerprint density at radius 1 is 0.947 bits per heavy atom. The average molecular weight is 795 g/mol. The number of ether oxygens (including phenoxy) is 4. The maximum atomic E-state index is 13.7. The van der Waals surface area contributed by atoms with Crippen molar-refractivity contribution in [2.24, 2.45) is 7.05 Å². The normalized spacial score (nSPS) is 13.4. The van der Waals surface area contributed by atoms with E-state index in [1.54, 1.807) is 42.6 Å². The molecule has 294 valence electrons. The number of pyridine rings is 1. The molecular weight excluding hydrogens is 757 g/mol. The second kappa shape index (κ2) is 16.3. The van der Waals surface area contributed by atoms with Crippen LogP contribution in [0.15, 0.2) is 107 Å². The van der Waals surface area contributed by atoms with Crippen molar-refractivity contribution in [3.8, 4) is 28.4 Å². The van der Waals surface area contributed by atoms with Crippen LogP contribution in [0.4, 0.5) is 11.5 Å². The van der Waals surface area contributed by atoms with Crippen molar-refractivity contribution in [2.75, 3.05) is 38.3 Å². The first-order valence-corrected chi connectivity index (χ1v) is 19.4. The number of piperidine rings is 1. The molecule has 57 heavy (non-hydrogen) atoms. The minimum absolute atomic E-state index is 0.00432. The standard InChI is InChI=1S/C40H38N6O10S/c1-26-7-10-31(11-8-26)57(51,52)45-18-15-32-34(25-43(2)39(47)38(32)45)33-21-27(46(49)50)9-12-36(33)56-30-6-4-5-29(22-30)55-20-19-54-28-13-16-44(17-14-28)37-24-41-35(23-42-37)40(48)53-3/h4-12,15,18,21-25,28H,13-14,16-17,19-20H2,1-3H3. The summed E-state index contributed by atoms with van der Waals surface area (Å²) in [7, 11) is -1.40. The van der Waals surface area contributed by atoms with Crippen molar-refractivity contribution in [2.45, 2.75) is 30.8 Å². The molecule has 1 aliphatic rings. The molecule has 7 rings (SSSR count). The Morgan fingerprint density at radius 3 is 2.40 bits per heavy atom. The zero-order valence-corrected chi connectivity index (χ0v) is 32.0. The van der Waals surface area contributed by atoms with Crippen LogP contribution in [-0.2, 0) is 26.5 Å². The smallest absolute Gasteiger partial charge is 0.358 e. The van der Waals surface area contributed by atoms with Crippen LogP contribution in [0.1, 0.15) is 28.9 Å². The zero-order valence-electron chi connectivity index (χ0n) is 31.2. The van der Waals surface area contributed by atoms with Crippen molar-refractivity contribution in [1.82, 2.24) is 18.5 Å². The Kier molecular flexibility index (Phi) is 11.0. The number of nitro benzene ring substituents is 1. The fraction of sp³-hybridized carbons (Fsp3) is 0.250. The van der Waals surface area contributed by atoms with Crippen LogP contribution in [0.2, 0.25) is 0 Å². The van der Waals surface area contributed by atoms with Crippen LogP contribution in [0.3, 0.4) is 0 Å². The van der Waals surface area contributed by atoms with Crippen molar-refractivity contribution in [3.05, 3.63) is 129 Å². The van der Waals surface area contributed by atoms with Crippen LogP contribution in [-0.4, -0.2) is 77.3 Å². The lowest BCUT2D eigenvalue weighted by Gasteiger charge is -2.32. The summed E-state index contributed by atoms with van der Waals surface area (Å²) >= 11 is 0. The summed E-state index contributed by atoms with van der Waals surface area (Å²) in [5.74, 6) is 1.25. The number of aromatic nitrogens is 4. The molecule has 0 aliphatic carbocycles. The molecule has 16 nitrogen and oxygen atoms in total. The number of nitro groups is 1. The van der Waals surface area contributed by atoms with E-state index in [1.807, 2.05) is 6.92 Å². The van der Waals surface area contributed by atoms with Crippen molar-refractivity contribution in [1.29, 1.82) is 0 Å². The molecule has 0 amide bonds. The van der Waals surface area contributed by atoms with Gasteiger partial charge in [-0.25, -0.2) is 27.2 Å². The first-order chi connectivity index (χ1) is 27.4. The molecule has 1 fully saturated rings. The van der Waals surface area contributed by atoms with E-state index in [0.717, 1.165) is 22.4 Å². The number of hydrogen-bond donors (Lipinski definition) is 0. The number of anilines is 1. The fourth-order valence-corrected chi connectivity index (χ4v) is 7.92. The number of rotatable bonds is 13. The number of carbonyl (C=O) groups excluding carboxylic acids is 1. The minimum atomic E-state index is -4.17. The van der Waals surface area contributed by atoms with E-state index >= 15 is 0 Å². The second-order valence-electron chi connectivity index (χ2n) is 13.3. The van der Waals surface area contributed by atoms with E-state index in [2.05, 4.69) is 19.6 Å². The van der Waals surface area contributed by atoms with E-state index < -0.39 is 26.5 Å². The predicted molar refractivity (Wildman–Crippen MR) is 210 cm³/mol. The highest BCUT2D eigenvalue weighted by molar-refractivity contribution is 7.90. The summed E-state index contributed by atoms with van der Waals surface area (Å²) < 4.78 is 52.7.